The molecule has 2 aliphatic rings. The summed E-state index contributed by atoms with van der Waals surface area (Å²) >= 11 is 0. The first-order valence-electron chi connectivity index (χ1n) is 37.8. The normalized spacial score (nSPS) is 15.2. The third kappa shape index (κ3) is 49.9. The molecule has 41 heteroatoms. The highest BCUT2D eigenvalue weighted by molar-refractivity contribution is 6.32. The van der Waals surface area contributed by atoms with E-state index in [0.717, 1.165) is 7.11 Å². The van der Waals surface area contributed by atoms with Gasteiger partial charge in [-0.15, -0.1) is 10.2 Å². The lowest BCUT2D eigenvalue weighted by Gasteiger charge is -2.31. The second-order valence-corrected chi connectivity index (χ2v) is 24.8. The molecular weight excluding hydrogens is 1470 g/mol. The quantitative estimate of drug-likeness (QED) is 0.0111. The van der Waals surface area contributed by atoms with Crippen LogP contribution in [0.4, 0.5) is 0 Å². The second-order valence-electron chi connectivity index (χ2n) is 24.8. The number of nitrogens with zero attached hydrogens (tertiary/aromatic N) is 7. The zero-order valence-corrected chi connectivity index (χ0v) is 64.4. The van der Waals surface area contributed by atoms with E-state index in [0.29, 0.717) is 274 Å². The van der Waals surface area contributed by atoms with Crippen LogP contribution in [0.15, 0.2) is 12.4 Å². The van der Waals surface area contributed by atoms with Crippen molar-refractivity contribution in [3.8, 4) is 0 Å². The predicted molar refractivity (Wildman–Crippen MR) is 384 cm³/mol. The fraction of sp³-hybridized carbons (Fsp3) is 0.800. The van der Waals surface area contributed by atoms with Gasteiger partial charge < -0.3 is 111 Å². The zero-order chi connectivity index (χ0) is 79.7. The number of amides is 7. The summed E-state index contributed by atoms with van der Waals surface area (Å²) in [7, 11) is 1.04. The molecular formula is C70H118N12O29. The first kappa shape index (κ1) is 96.2. The first-order valence-corrected chi connectivity index (χ1v) is 37.8. The second kappa shape index (κ2) is 65.3. The average molecular weight is 1590 g/mol. The van der Waals surface area contributed by atoms with Crippen molar-refractivity contribution >= 4 is 59.4 Å². The Kier molecular flexibility index (Phi) is 56.6. The van der Waals surface area contributed by atoms with E-state index in [1.807, 2.05) is 0 Å². The van der Waals surface area contributed by atoms with E-state index in [2.05, 4.69) is 51.5 Å². The number of Topliss-reactive ketones (excluding diaryl/α,β-unsaturated/α-hetero) is 1. The Hall–Kier alpha value is -7.14. The van der Waals surface area contributed by atoms with Crippen molar-refractivity contribution in [1.29, 1.82) is 0 Å². The Morgan fingerprint density at radius 2 is 0.901 bits per heavy atom. The average Bonchev–Trinajstić information content (AvgIpc) is 1.70. The van der Waals surface area contributed by atoms with E-state index in [1.54, 1.807) is 34.2 Å². The molecule has 0 bridgehead atoms. The number of nitrogens with one attached hydrogen (secondary N) is 5. The Morgan fingerprint density at radius 1 is 0.495 bits per heavy atom. The number of carbonyl (C=O) groups is 10. The third-order valence-corrected chi connectivity index (χ3v) is 16.2. The molecule has 1 aliphatic carbocycles. The van der Waals surface area contributed by atoms with E-state index in [-0.39, 0.29) is 118 Å². The van der Waals surface area contributed by atoms with Gasteiger partial charge in [0.1, 0.15) is 25.2 Å². The monoisotopic (exact) mass is 1590 g/mol. The molecule has 2 unspecified atom stereocenters. The molecule has 4 rings (SSSR count). The molecule has 2 fully saturated rings. The molecule has 0 aromatic carbocycles. The number of aromatic nitrogens is 6. The molecule has 41 nitrogen and oxygen atoms in total. The van der Waals surface area contributed by atoms with Crippen molar-refractivity contribution in [2.45, 2.75) is 90.4 Å². The summed E-state index contributed by atoms with van der Waals surface area (Å²) in [4.78, 5) is 127. The fourth-order valence-corrected chi connectivity index (χ4v) is 10.3. The Labute approximate surface area is 646 Å². The first-order chi connectivity index (χ1) is 54.3. The maximum absolute atomic E-state index is 13.9. The fourth-order valence-electron chi connectivity index (χ4n) is 10.3. The van der Waals surface area contributed by atoms with Gasteiger partial charge in [0, 0.05) is 63.4 Å². The lowest BCUT2D eigenvalue weighted by atomic mass is 9.81. The molecule has 1 aliphatic heterocycles. The van der Waals surface area contributed by atoms with Crippen molar-refractivity contribution in [3.05, 3.63) is 23.8 Å². The summed E-state index contributed by atoms with van der Waals surface area (Å²) in [6.07, 6.45) is 6.90. The van der Waals surface area contributed by atoms with Gasteiger partial charge in [0.2, 0.25) is 35.4 Å². The molecule has 5 N–H and O–H groups in total. The topological polar surface area (TPSA) is 471 Å². The number of aryl methyl sites for hydroxylation is 1. The summed E-state index contributed by atoms with van der Waals surface area (Å²) in [5, 5.41) is 27.7. The van der Waals surface area contributed by atoms with Gasteiger partial charge in [-0.25, -0.2) is 19.6 Å². The molecule has 2 aromatic heterocycles. The van der Waals surface area contributed by atoms with Crippen LogP contribution in [0, 0.1) is 17.8 Å². The van der Waals surface area contributed by atoms with Crippen LogP contribution < -0.4 is 26.7 Å². The van der Waals surface area contributed by atoms with E-state index >= 15 is 0 Å². The number of methoxy groups -OCH3 is 1. The number of aldehydes is 1. The van der Waals surface area contributed by atoms with Crippen LogP contribution in [-0.2, 0) is 164 Å². The summed E-state index contributed by atoms with van der Waals surface area (Å²) in [5.41, 5.74) is 2.88. The van der Waals surface area contributed by atoms with Crippen molar-refractivity contribution < 1.29 is 138 Å². The number of hydrogen-bond donors (Lipinski definition) is 5. The molecule has 632 valence electrons. The number of ketones is 1. The van der Waals surface area contributed by atoms with Crippen molar-refractivity contribution in [2.24, 2.45) is 17.8 Å². The van der Waals surface area contributed by atoms with Crippen molar-refractivity contribution in [3.63, 3.8) is 0 Å². The third-order valence-electron chi connectivity index (χ3n) is 16.2. The molecule has 0 radical (unpaired) electrons. The summed E-state index contributed by atoms with van der Waals surface area (Å²) in [6, 6.07) is -0.946. The van der Waals surface area contributed by atoms with Crippen LogP contribution in [0.25, 0.3) is 0 Å². The van der Waals surface area contributed by atoms with Crippen molar-refractivity contribution in [1.82, 2.24) is 61.6 Å². The summed E-state index contributed by atoms with van der Waals surface area (Å²) < 4.78 is 101. The SMILES string of the molecule is COC(=O)C(=O)NOCC(=O)NCCOCCOCCOCCOCCOCCOCCOCCOCCn1cc(CCC(=O)C(CCC(=O)NCc2cn(CCOCCOCCOCCOCCOCCOCCOCCOCCNC(=O)COCC=O)nn2)NC(=O)C2CCC(CN3C(=O)CC(C)C3=O)CC2)nn1. The van der Waals surface area contributed by atoms with E-state index in [1.165, 1.54) is 4.90 Å². The van der Waals surface area contributed by atoms with Gasteiger partial charge in [-0.2, -0.15) is 0 Å². The highest BCUT2D eigenvalue weighted by atomic mass is 16.7. The van der Waals surface area contributed by atoms with E-state index < -0.39 is 30.4 Å². The van der Waals surface area contributed by atoms with Crippen LogP contribution >= 0.6 is 0 Å². The van der Waals surface area contributed by atoms with Crippen LogP contribution in [0.2, 0.25) is 0 Å². The van der Waals surface area contributed by atoms with Crippen LogP contribution in [0.3, 0.4) is 0 Å². The lowest BCUT2D eigenvalue weighted by molar-refractivity contribution is -0.159. The number of hydroxylamine groups is 1. The largest absolute Gasteiger partial charge is 0.462 e. The van der Waals surface area contributed by atoms with Gasteiger partial charge in [-0.1, -0.05) is 17.4 Å². The number of hydrogen-bond acceptors (Lipinski definition) is 33. The van der Waals surface area contributed by atoms with Gasteiger partial charge in [-0.3, -0.25) is 48.1 Å². The maximum atomic E-state index is 13.9. The molecule has 2 aromatic rings. The molecule has 2 atom stereocenters. The standard InChI is InChI=1S/C70H118N12O29/c1-56-49-66(88)82(69(56)91)51-57-3-5-58(6-4-57)67(89)74-61(8-10-63(85)73-50-60-53-81(79-76-60)14-19-97-24-28-101-32-36-105-40-44-109-48-45-106-41-37-102-33-29-98-25-21-94-16-11-71-64(86)54-110-20-15-83)62(84)9-7-59-52-80(78-75-59)13-18-96-23-27-100-31-35-104-39-43-108-47-46-107-42-38-103-34-30-99-26-22-95-17-12-72-65(87)55-111-77-68(90)70(92)93-2/h15,52-53,56-58,61H,3-14,16-51,54-55H2,1-2H3,(H,71,86)(H,72,87)(H,73,85)(H,74,89)(H,77,90). The highest BCUT2D eigenvalue weighted by Crippen LogP contribution is 2.32. The Morgan fingerprint density at radius 3 is 1.32 bits per heavy atom. The summed E-state index contributed by atoms with van der Waals surface area (Å²) in [5.74, 6) is -4.89. The predicted octanol–water partition coefficient (Wildman–Crippen LogP) is -2.91. The molecule has 1 saturated heterocycles. The van der Waals surface area contributed by atoms with E-state index in [9.17, 15) is 47.9 Å². The minimum absolute atomic E-state index is 0.0380. The molecule has 111 heavy (non-hydrogen) atoms. The van der Waals surface area contributed by atoms with E-state index in [4.69, 9.17) is 80.5 Å². The number of esters is 1. The Bertz CT molecular complexity index is 2840. The number of ether oxygens (including phenoxy) is 18. The number of carbonyl (C=O) groups excluding carboxylic acids is 10. The van der Waals surface area contributed by atoms with Gasteiger partial charge in [0.25, 0.3) is 0 Å². The molecule has 3 heterocycles. The number of likely N-dealkylation sites (tertiary alicyclic amines) is 1. The highest BCUT2D eigenvalue weighted by Gasteiger charge is 2.38. The van der Waals surface area contributed by atoms with Gasteiger partial charge >= 0.3 is 11.9 Å². The van der Waals surface area contributed by atoms with Gasteiger partial charge in [-0.05, 0) is 38.0 Å². The zero-order valence-electron chi connectivity index (χ0n) is 64.4. The molecule has 0 spiro atoms. The van der Waals surface area contributed by atoms with Gasteiger partial charge in [0.05, 0.1) is 256 Å². The Balaban J connectivity index is 0.966. The van der Waals surface area contributed by atoms with Gasteiger partial charge in [0.15, 0.2) is 12.4 Å². The minimum Gasteiger partial charge on any atom is -0.462 e. The number of rotatable bonds is 74. The maximum Gasteiger partial charge on any atom is 0.398 e. The van der Waals surface area contributed by atoms with Crippen LogP contribution in [0.1, 0.15) is 69.7 Å². The van der Waals surface area contributed by atoms with Crippen molar-refractivity contribution in [2.75, 3.05) is 258 Å². The number of imide groups is 1. The lowest BCUT2D eigenvalue weighted by Crippen LogP contribution is -2.45. The smallest absolute Gasteiger partial charge is 0.398 e. The van der Waals surface area contributed by atoms with Crippen LogP contribution in [-0.4, -0.2) is 358 Å². The minimum atomic E-state index is -1.14. The van der Waals surface area contributed by atoms with Crippen LogP contribution in [0.5, 0.6) is 0 Å². The summed E-state index contributed by atoms with van der Waals surface area (Å²) in [6.45, 7) is 15.0. The molecule has 1 saturated carbocycles. The molecule has 7 amide bonds.